The van der Waals surface area contributed by atoms with E-state index < -0.39 is 24.2 Å². The second kappa shape index (κ2) is 14.6. The molecule has 212 valence electrons. The quantitative estimate of drug-likeness (QED) is 0.111. The van der Waals surface area contributed by atoms with Crippen LogP contribution in [0.25, 0.3) is 0 Å². The van der Waals surface area contributed by atoms with E-state index in [1.807, 2.05) is 0 Å². The molecule has 0 aromatic heterocycles. The molecule has 40 heavy (non-hydrogen) atoms. The molecule has 0 radical (unpaired) electrons. The van der Waals surface area contributed by atoms with Gasteiger partial charge in [-0.05, 0) is 0 Å². The maximum atomic E-state index is 2.60. The van der Waals surface area contributed by atoms with Gasteiger partial charge in [0.15, 0.2) is 0 Å². The van der Waals surface area contributed by atoms with Gasteiger partial charge in [-0.3, -0.25) is 0 Å². The summed E-state index contributed by atoms with van der Waals surface area (Å²) in [6, 6.07) is 31.0. The van der Waals surface area contributed by atoms with Crippen LogP contribution in [0, 0.1) is 27.7 Å². The minimum atomic E-state index is -2.58. The van der Waals surface area contributed by atoms with Crippen LogP contribution in [-0.4, -0.2) is 24.2 Å². The molecule has 0 amide bonds. The van der Waals surface area contributed by atoms with Gasteiger partial charge in [0.05, 0.1) is 16.1 Å². The Kier molecular flexibility index (Phi) is 14.3. The zero-order valence-corrected chi connectivity index (χ0v) is 32.5. The Morgan fingerprint density at radius 1 is 0.450 bits per heavy atom. The van der Waals surface area contributed by atoms with Crippen LogP contribution < -0.4 is 68.3 Å². The first-order valence-corrected chi connectivity index (χ1v) is 22.3. The average molecular weight is 678 g/mol. The van der Waals surface area contributed by atoms with E-state index in [1.165, 1.54) is 37.8 Å². The van der Waals surface area contributed by atoms with E-state index in [0.717, 1.165) is 0 Å². The number of hydrogen-bond acceptors (Lipinski definition) is 0. The second-order valence-electron chi connectivity index (χ2n) is 12.7. The number of benzene rings is 3. The Labute approximate surface area is 280 Å². The Bertz CT molecular complexity index is 1320. The van der Waals surface area contributed by atoms with E-state index in [4.69, 9.17) is 0 Å². The van der Waals surface area contributed by atoms with E-state index in [9.17, 15) is 0 Å². The van der Waals surface area contributed by atoms with Crippen LogP contribution in [0.3, 0.4) is 0 Å². The van der Waals surface area contributed by atoms with Gasteiger partial charge in [-0.15, -0.1) is 5.19 Å². The van der Waals surface area contributed by atoms with Crippen molar-refractivity contribution in [3.63, 3.8) is 0 Å². The fourth-order valence-corrected chi connectivity index (χ4v) is 14.0. The van der Waals surface area contributed by atoms with Gasteiger partial charge in [-0.1, -0.05) is 172 Å². The van der Waals surface area contributed by atoms with Crippen molar-refractivity contribution in [3.05, 3.63) is 101 Å². The van der Waals surface area contributed by atoms with Crippen molar-refractivity contribution in [3.8, 4) is 0 Å². The number of halogens is 3. The first kappa shape index (κ1) is 39.2. The third-order valence-corrected chi connectivity index (χ3v) is 17.5. The van der Waals surface area contributed by atoms with Gasteiger partial charge in [0, 0.05) is 0 Å². The zero-order valence-electron chi connectivity index (χ0n) is 25.6. The van der Waals surface area contributed by atoms with E-state index in [2.05, 4.69) is 146 Å². The third-order valence-electron chi connectivity index (χ3n) is 8.34. The largest absolute Gasteiger partial charge is 4.00 e. The van der Waals surface area contributed by atoms with E-state index in [-0.39, 0.29) is 58.9 Å². The Hall–Kier alpha value is -0.755. The molecule has 0 unspecified atom stereocenters. The molecule has 0 saturated heterocycles. The molecule has 4 aromatic carbocycles. The van der Waals surface area contributed by atoms with Crippen LogP contribution in [-0.2, 0) is 21.7 Å². The summed E-state index contributed by atoms with van der Waals surface area (Å²) in [6.45, 7) is 24.2. The summed E-state index contributed by atoms with van der Waals surface area (Å²) in [6.07, 6.45) is 0. The van der Waals surface area contributed by atoms with Crippen molar-refractivity contribution in [1.29, 1.82) is 0 Å². The average Bonchev–Trinajstić information content (AvgIpc) is 3.03. The maximum Gasteiger partial charge on any atom is 4.00 e. The van der Waals surface area contributed by atoms with Gasteiger partial charge in [0.1, 0.15) is 8.07 Å². The predicted octanol–water partition coefficient (Wildman–Crippen LogP) is -3.88. The summed E-state index contributed by atoms with van der Waals surface area (Å²) in [4.78, 5) is 0. The smallest absolute Gasteiger partial charge is 1.00 e. The van der Waals surface area contributed by atoms with Crippen LogP contribution in [0.15, 0.2) is 78.9 Å². The topological polar surface area (TPSA) is 0 Å². The minimum absolute atomic E-state index is 0. The molecule has 0 aliphatic carbocycles. The Morgan fingerprint density at radius 2 is 0.775 bits per heavy atom. The summed E-state index contributed by atoms with van der Waals surface area (Å²) in [5.74, 6) is 0. The summed E-state index contributed by atoms with van der Waals surface area (Å²) in [7, 11) is -5.56. The molecule has 0 heterocycles. The van der Waals surface area contributed by atoms with Crippen molar-refractivity contribution >= 4 is 55.3 Å². The van der Waals surface area contributed by atoms with Crippen molar-refractivity contribution in [1.82, 2.24) is 0 Å². The molecule has 0 saturated carbocycles. The standard InChI is InChI=1S/C33H43Si3.3ClH.Ti/c1-24-25(2)27(4)33(26(24)3)36(28-16-12-11-13-17-28,31-20-14-18-29(22-31)34(5,6)7)32-21-15-19-30(23-32)35(8,9)10;;;;/h11-23H,1-10H3;3*1H;/q-1;;;;+4/p-3. The number of rotatable bonds is 6. The summed E-state index contributed by atoms with van der Waals surface area (Å²) < 4.78 is 0. The van der Waals surface area contributed by atoms with Crippen LogP contribution in [0.5, 0.6) is 0 Å². The van der Waals surface area contributed by atoms with E-state index >= 15 is 0 Å². The molecule has 0 spiro atoms. The monoisotopic (exact) mass is 676 g/mol. The van der Waals surface area contributed by atoms with Gasteiger partial charge < -0.3 is 37.2 Å². The number of hydrogen-bond donors (Lipinski definition) is 0. The van der Waals surface area contributed by atoms with Crippen molar-refractivity contribution in [2.45, 2.75) is 67.0 Å². The molecule has 0 bridgehead atoms. The predicted molar refractivity (Wildman–Crippen MR) is 171 cm³/mol. The molecular weight excluding hydrogens is 635 g/mol. The second-order valence-corrected chi connectivity index (χ2v) is 26.5. The van der Waals surface area contributed by atoms with E-state index in [0.29, 0.717) is 0 Å². The molecule has 4 aromatic rings. The van der Waals surface area contributed by atoms with E-state index in [1.54, 1.807) is 15.6 Å². The van der Waals surface area contributed by atoms with Gasteiger partial charge in [-0.2, -0.15) is 22.3 Å². The van der Waals surface area contributed by atoms with Gasteiger partial charge in [0.2, 0.25) is 0 Å². The maximum absolute atomic E-state index is 2.60. The van der Waals surface area contributed by atoms with Crippen LogP contribution in [0.1, 0.15) is 22.3 Å². The van der Waals surface area contributed by atoms with Crippen LogP contribution >= 0.6 is 0 Å². The SMILES string of the molecule is Cc1c(C)c(C)[c-]([Si](c2ccccc2)(c2cccc([Si](C)(C)C)c2)c2cccc([Si](C)(C)C)c2)c1C.[Cl-].[Cl-].[Cl-].[Ti+4]. The Morgan fingerprint density at radius 3 is 1.12 bits per heavy atom. The van der Waals surface area contributed by atoms with Crippen molar-refractivity contribution in [2.75, 3.05) is 0 Å². The van der Waals surface area contributed by atoms with Gasteiger partial charge in [-0.25, -0.2) is 0 Å². The first-order valence-electron chi connectivity index (χ1n) is 13.3. The molecule has 7 heteroatoms. The van der Waals surface area contributed by atoms with Crippen LogP contribution in [0.4, 0.5) is 0 Å². The first-order chi connectivity index (χ1) is 16.8. The van der Waals surface area contributed by atoms with Crippen LogP contribution in [0.2, 0.25) is 39.3 Å². The Balaban J connectivity index is 0.00000380. The molecule has 4 rings (SSSR count). The van der Waals surface area contributed by atoms with Crippen molar-refractivity contribution < 1.29 is 58.9 Å². The van der Waals surface area contributed by atoms with Gasteiger partial charge >= 0.3 is 21.7 Å². The normalized spacial score (nSPS) is 11.4. The summed E-state index contributed by atoms with van der Waals surface area (Å²) in [5.41, 5.74) is 5.88. The molecule has 0 fully saturated rings. The molecule has 0 aliphatic heterocycles. The van der Waals surface area contributed by atoms with Crippen molar-refractivity contribution in [2.24, 2.45) is 0 Å². The summed E-state index contributed by atoms with van der Waals surface area (Å²) >= 11 is 0. The zero-order chi connectivity index (χ0) is 26.5. The fraction of sp³-hybridized carbons (Fsp3) is 0.303. The molecular formula is C33H43Cl3Si3Ti. The summed E-state index contributed by atoms with van der Waals surface area (Å²) in [5, 5.41) is 9.23. The molecule has 0 atom stereocenters. The fourth-order valence-electron chi connectivity index (χ4n) is 5.84. The molecule has 0 aliphatic rings. The molecule has 0 nitrogen and oxygen atoms in total. The van der Waals surface area contributed by atoms with Gasteiger partial charge in [0.25, 0.3) is 0 Å². The third kappa shape index (κ3) is 7.06. The minimum Gasteiger partial charge on any atom is -1.00 e. The molecule has 0 N–H and O–H groups in total.